The maximum Gasteiger partial charge on any atom is 0.203 e. The van der Waals surface area contributed by atoms with E-state index in [0.717, 1.165) is 5.56 Å². The van der Waals surface area contributed by atoms with Crippen molar-refractivity contribution < 1.29 is 4.79 Å². The molecule has 16 heavy (non-hydrogen) atoms. The largest absolute Gasteiger partial charge is 0.399 e. The van der Waals surface area contributed by atoms with Gasteiger partial charge in [0.15, 0.2) is 0 Å². The molecule has 82 valence electrons. The maximum absolute atomic E-state index is 12.1. The van der Waals surface area contributed by atoms with Crippen molar-refractivity contribution in [3.63, 3.8) is 0 Å². The molecule has 1 heterocycles. The molecule has 1 aromatic heterocycles. The van der Waals surface area contributed by atoms with E-state index < -0.39 is 0 Å². The fourth-order valence-electron chi connectivity index (χ4n) is 1.45. The van der Waals surface area contributed by atoms with Crippen molar-refractivity contribution in [1.29, 1.82) is 0 Å². The molecule has 2 rings (SSSR count). The number of nitrogen functional groups attached to an aromatic ring is 1. The van der Waals surface area contributed by atoms with Crippen LogP contribution in [0.15, 0.2) is 30.3 Å². The van der Waals surface area contributed by atoms with Crippen LogP contribution >= 0.6 is 22.9 Å². The lowest BCUT2D eigenvalue weighted by Crippen LogP contribution is -2.02. The van der Waals surface area contributed by atoms with Crippen molar-refractivity contribution in [1.82, 2.24) is 0 Å². The Hall–Kier alpha value is -1.32. The minimum absolute atomic E-state index is 0.0262. The Kier molecular flexibility index (Phi) is 2.99. The summed E-state index contributed by atoms with van der Waals surface area (Å²) in [6.45, 7) is 1.89. The first-order valence-electron chi connectivity index (χ1n) is 4.74. The van der Waals surface area contributed by atoms with Crippen LogP contribution in [-0.2, 0) is 0 Å². The van der Waals surface area contributed by atoms with Gasteiger partial charge >= 0.3 is 0 Å². The first-order valence-corrected chi connectivity index (χ1v) is 5.93. The van der Waals surface area contributed by atoms with Gasteiger partial charge < -0.3 is 5.73 Å². The summed E-state index contributed by atoms with van der Waals surface area (Å²) in [7, 11) is 0. The van der Waals surface area contributed by atoms with Crippen LogP contribution in [0.3, 0.4) is 0 Å². The standard InChI is InChI=1S/C12H10ClNOS/c1-7-2-3-8(14)6-9(7)12(15)10-4-5-11(13)16-10/h2-6H,14H2,1H3. The highest BCUT2D eigenvalue weighted by atomic mass is 35.5. The summed E-state index contributed by atoms with van der Waals surface area (Å²) < 4.78 is 0.616. The van der Waals surface area contributed by atoms with Crippen molar-refractivity contribution in [2.45, 2.75) is 6.92 Å². The van der Waals surface area contributed by atoms with Crippen LogP contribution in [0.25, 0.3) is 0 Å². The zero-order valence-corrected chi connectivity index (χ0v) is 10.2. The van der Waals surface area contributed by atoms with Crippen LogP contribution in [0, 0.1) is 6.92 Å². The summed E-state index contributed by atoms with van der Waals surface area (Å²) >= 11 is 7.08. The molecule has 0 spiro atoms. The fourth-order valence-corrected chi connectivity index (χ4v) is 2.45. The highest BCUT2D eigenvalue weighted by Crippen LogP contribution is 2.25. The third kappa shape index (κ3) is 2.10. The number of hydrogen-bond acceptors (Lipinski definition) is 3. The molecule has 0 saturated heterocycles. The van der Waals surface area contributed by atoms with Crippen molar-refractivity contribution in [2.24, 2.45) is 0 Å². The molecule has 2 N–H and O–H groups in total. The minimum Gasteiger partial charge on any atom is -0.399 e. The number of ketones is 1. The Morgan fingerprint density at radius 2 is 2.06 bits per heavy atom. The number of hydrogen-bond donors (Lipinski definition) is 1. The zero-order valence-electron chi connectivity index (χ0n) is 8.66. The quantitative estimate of drug-likeness (QED) is 0.656. The number of benzene rings is 1. The molecule has 0 aliphatic rings. The molecule has 4 heteroatoms. The second kappa shape index (κ2) is 4.28. The van der Waals surface area contributed by atoms with E-state index in [-0.39, 0.29) is 5.78 Å². The predicted molar refractivity (Wildman–Crippen MR) is 68.4 cm³/mol. The van der Waals surface area contributed by atoms with Crippen LogP contribution in [0.2, 0.25) is 4.34 Å². The monoisotopic (exact) mass is 251 g/mol. The number of halogens is 1. The first kappa shape index (κ1) is 11.2. The molecular formula is C12H10ClNOS. The van der Waals surface area contributed by atoms with Gasteiger partial charge in [0.1, 0.15) is 0 Å². The molecule has 1 aromatic carbocycles. The smallest absolute Gasteiger partial charge is 0.203 e. The highest BCUT2D eigenvalue weighted by molar-refractivity contribution is 7.18. The number of thiophene rings is 1. The molecule has 0 saturated carbocycles. The Bertz CT molecular complexity index is 548. The third-order valence-electron chi connectivity index (χ3n) is 2.30. The van der Waals surface area contributed by atoms with Crippen LogP contribution in [0.1, 0.15) is 20.8 Å². The van der Waals surface area contributed by atoms with Gasteiger partial charge in [0, 0.05) is 11.3 Å². The Morgan fingerprint density at radius 3 is 2.69 bits per heavy atom. The molecule has 0 aliphatic carbocycles. The number of carbonyl (C=O) groups excluding carboxylic acids is 1. The Labute approximate surface area is 103 Å². The first-order chi connectivity index (χ1) is 7.58. The molecule has 0 radical (unpaired) electrons. The molecule has 0 amide bonds. The fraction of sp³-hybridized carbons (Fsp3) is 0.0833. The normalized spacial score (nSPS) is 10.4. The lowest BCUT2D eigenvalue weighted by Gasteiger charge is -2.04. The summed E-state index contributed by atoms with van der Waals surface area (Å²) in [4.78, 5) is 12.8. The van der Waals surface area contributed by atoms with E-state index in [2.05, 4.69) is 0 Å². The summed E-state index contributed by atoms with van der Waals surface area (Å²) in [5.41, 5.74) is 7.83. The number of anilines is 1. The SMILES string of the molecule is Cc1ccc(N)cc1C(=O)c1ccc(Cl)s1. The van der Waals surface area contributed by atoms with E-state index in [4.69, 9.17) is 17.3 Å². The van der Waals surface area contributed by atoms with Gasteiger partial charge in [-0.25, -0.2) is 0 Å². The average Bonchev–Trinajstić information content (AvgIpc) is 2.67. The second-order valence-electron chi connectivity index (χ2n) is 3.51. The number of aryl methyl sites for hydroxylation is 1. The third-order valence-corrected chi connectivity index (χ3v) is 3.53. The van der Waals surface area contributed by atoms with Gasteiger partial charge in [-0.2, -0.15) is 0 Å². The van der Waals surface area contributed by atoms with Crippen molar-refractivity contribution in [2.75, 3.05) is 5.73 Å². The number of carbonyl (C=O) groups is 1. The van der Waals surface area contributed by atoms with Gasteiger partial charge in [0.2, 0.25) is 5.78 Å². The van der Waals surface area contributed by atoms with Gasteiger partial charge in [-0.15, -0.1) is 11.3 Å². The van der Waals surface area contributed by atoms with Crippen LogP contribution in [0.5, 0.6) is 0 Å². The maximum atomic E-state index is 12.1. The second-order valence-corrected chi connectivity index (χ2v) is 5.22. The molecule has 0 atom stereocenters. The predicted octanol–water partition coefficient (Wildman–Crippen LogP) is 3.52. The molecular weight excluding hydrogens is 242 g/mol. The van der Waals surface area contributed by atoms with Crippen LogP contribution < -0.4 is 5.73 Å². The molecule has 2 aromatic rings. The summed E-state index contributed by atoms with van der Waals surface area (Å²) in [5.74, 6) is -0.0262. The summed E-state index contributed by atoms with van der Waals surface area (Å²) in [6, 6.07) is 8.79. The van der Waals surface area contributed by atoms with Gasteiger partial charge in [-0.1, -0.05) is 17.7 Å². The van der Waals surface area contributed by atoms with Crippen LogP contribution in [0.4, 0.5) is 5.69 Å². The van der Waals surface area contributed by atoms with E-state index >= 15 is 0 Å². The van der Waals surface area contributed by atoms with E-state index in [1.807, 2.05) is 13.0 Å². The molecule has 0 aliphatic heterocycles. The molecule has 0 unspecified atom stereocenters. The van der Waals surface area contributed by atoms with Gasteiger partial charge in [0.05, 0.1) is 9.21 Å². The van der Waals surface area contributed by atoms with Crippen molar-refractivity contribution >= 4 is 34.4 Å². The van der Waals surface area contributed by atoms with Crippen LogP contribution in [-0.4, -0.2) is 5.78 Å². The number of rotatable bonds is 2. The van der Waals surface area contributed by atoms with E-state index in [0.29, 0.717) is 20.5 Å². The van der Waals surface area contributed by atoms with Gasteiger partial charge in [0.25, 0.3) is 0 Å². The Morgan fingerprint density at radius 1 is 1.31 bits per heavy atom. The lowest BCUT2D eigenvalue weighted by atomic mass is 10.0. The minimum atomic E-state index is -0.0262. The zero-order chi connectivity index (χ0) is 11.7. The number of nitrogens with two attached hydrogens (primary N) is 1. The van der Waals surface area contributed by atoms with E-state index in [1.54, 1.807) is 24.3 Å². The molecule has 0 fully saturated rings. The molecule has 2 nitrogen and oxygen atoms in total. The van der Waals surface area contributed by atoms with Gasteiger partial charge in [-0.05, 0) is 36.8 Å². The Balaban J connectivity index is 2.45. The van der Waals surface area contributed by atoms with Gasteiger partial charge in [-0.3, -0.25) is 4.79 Å². The van der Waals surface area contributed by atoms with E-state index in [1.165, 1.54) is 11.3 Å². The van der Waals surface area contributed by atoms with Crippen molar-refractivity contribution in [3.05, 3.63) is 50.7 Å². The lowest BCUT2D eigenvalue weighted by molar-refractivity contribution is 0.104. The molecule has 0 bridgehead atoms. The average molecular weight is 252 g/mol. The van der Waals surface area contributed by atoms with E-state index in [9.17, 15) is 4.79 Å². The topological polar surface area (TPSA) is 43.1 Å². The van der Waals surface area contributed by atoms with Crippen molar-refractivity contribution in [3.8, 4) is 0 Å². The summed E-state index contributed by atoms with van der Waals surface area (Å²) in [5, 5.41) is 0. The highest BCUT2D eigenvalue weighted by Gasteiger charge is 2.13. The summed E-state index contributed by atoms with van der Waals surface area (Å²) in [6.07, 6.45) is 0.